The van der Waals surface area contributed by atoms with Crippen LogP contribution >= 0.6 is 23.1 Å². The van der Waals surface area contributed by atoms with Crippen molar-refractivity contribution >= 4 is 67.1 Å². The molecule has 1 aromatic carbocycles. The molecular formula is C19H13N3O5S3. The van der Waals surface area contributed by atoms with Crippen molar-refractivity contribution in [2.24, 2.45) is 4.40 Å². The second-order valence-corrected chi connectivity index (χ2v) is 9.52. The Morgan fingerprint density at radius 1 is 1.27 bits per heavy atom. The largest absolute Gasteiger partial charge is 0.465 e. The predicted octanol–water partition coefficient (Wildman–Crippen LogP) is 3.03. The van der Waals surface area contributed by atoms with Crippen molar-refractivity contribution in [3.8, 4) is 0 Å². The van der Waals surface area contributed by atoms with Crippen LogP contribution in [-0.2, 0) is 19.6 Å². The monoisotopic (exact) mass is 459 g/mol. The molecule has 0 saturated carbocycles. The van der Waals surface area contributed by atoms with Gasteiger partial charge in [0.15, 0.2) is 5.17 Å². The molecule has 11 heteroatoms. The highest BCUT2D eigenvalue weighted by atomic mass is 32.2. The minimum Gasteiger partial charge on any atom is -0.465 e. The van der Waals surface area contributed by atoms with Gasteiger partial charge in [0.2, 0.25) is 0 Å². The summed E-state index contributed by atoms with van der Waals surface area (Å²) < 4.78 is 33.5. The molecule has 4 rings (SSSR count). The van der Waals surface area contributed by atoms with Crippen LogP contribution in [0.2, 0.25) is 0 Å². The van der Waals surface area contributed by atoms with Crippen molar-refractivity contribution in [3.63, 3.8) is 0 Å². The van der Waals surface area contributed by atoms with Gasteiger partial charge in [0.25, 0.3) is 15.9 Å². The number of amidine groups is 1. The van der Waals surface area contributed by atoms with Gasteiger partial charge in [0.05, 0.1) is 17.5 Å². The average Bonchev–Trinajstić information content (AvgIpc) is 3.35. The first kappa shape index (κ1) is 20.3. The number of hydrogen-bond acceptors (Lipinski definition) is 8. The Morgan fingerprint density at radius 2 is 2.10 bits per heavy atom. The van der Waals surface area contributed by atoms with Crippen molar-refractivity contribution in [2.45, 2.75) is 4.90 Å². The summed E-state index contributed by atoms with van der Waals surface area (Å²) in [5, 5.41) is 4.73. The van der Waals surface area contributed by atoms with Crippen LogP contribution in [0.1, 0.15) is 15.2 Å². The Kier molecular flexibility index (Phi) is 5.41. The molecule has 3 aromatic rings. The fraction of sp³-hybridized carbons (Fsp3) is 0.0526. The molecule has 0 spiro atoms. The number of carbonyl (C=O) groups excluding carboxylic acids is 2. The fourth-order valence-electron chi connectivity index (χ4n) is 2.71. The Morgan fingerprint density at radius 3 is 2.90 bits per heavy atom. The molecule has 0 bridgehead atoms. The Bertz CT molecular complexity index is 1340. The number of aromatic nitrogens is 1. The van der Waals surface area contributed by atoms with Crippen molar-refractivity contribution in [1.82, 2.24) is 10.3 Å². The van der Waals surface area contributed by atoms with Crippen LogP contribution < -0.4 is 5.32 Å². The summed E-state index contributed by atoms with van der Waals surface area (Å²) in [6.45, 7) is 0. The van der Waals surface area contributed by atoms with E-state index in [4.69, 9.17) is 0 Å². The van der Waals surface area contributed by atoms with E-state index in [1.807, 2.05) is 30.3 Å². The molecule has 1 aliphatic heterocycles. The normalized spacial score (nSPS) is 16.9. The Balaban J connectivity index is 1.62. The number of ether oxygens (including phenoxy) is 1. The summed E-state index contributed by atoms with van der Waals surface area (Å²) >= 11 is 1.84. The molecule has 1 aliphatic rings. The lowest BCUT2D eigenvalue weighted by Gasteiger charge is -2.01. The number of benzene rings is 1. The number of fused-ring (bicyclic) bond motifs is 1. The number of esters is 1. The maximum absolute atomic E-state index is 12.6. The van der Waals surface area contributed by atoms with E-state index in [1.54, 1.807) is 12.3 Å². The maximum Gasteiger partial charge on any atom is 0.349 e. The molecule has 30 heavy (non-hydrogen) atoms. The van der Waals surface area contributed by atoms with Crippen LogP contribution in [0.15, 0.2) is 62.2 Å². The number of amides is 1. The van der Waals surface area contributed by atoms with Gasteiger partial charge in [0.1, 0.15) is 9.77 Å². The molecule has 2 aromatic heterocycles. The van der Waals surface area contributed by atoms with Crippen molar-refractivity contribution in [3.05, 3.63) is 63.3 Å². The van der Waals surface area contributed by atoms with Gasteiger partial charge in [-0.2, -0.15) is 8.42 Å². The summed E-state index contributed by atoms with van der Waals surface area (Å²) in [5.41, 5.74) is 1.59. The van der Waals surface area contributed by atoms with Gasteiger partial charge in [-0.15, -0.1) is 15.7 Å². The van der Waals surface area contributed by atoms with Crippen LogP contribution in [0.5, 0.6) is 0 Å². The standard InChI is InChI=1S/C19H13N3O5S3/c1-27-18(24)16-15(6-8-28-16)30(25,26)22-19-21-17(23)14(29-19)10-11-4-5-13-12(9-11)3-2-7-20-13/h2-10H,1H3,(H,21,22,23). The van der Waals surface area contributed by atoms with Crippen LogP contribution in [0, 0.1) is 0 Å². The van der Waals surface area contributed by atoms with E-state index in [1.165, 1.54) is 11.4 Å². The average molecular weight is 460 g/mol. The molecule has 8 nitrogen and oxygen atoms in total. The predicted molar refractivity (Wildman–Crippen MR) is 116 cm³/mol. The van der Waals surface area contributed by atoms with E-state index in [2.05, 4.69) is 19.4 Å². The smallest absolute Gasteiger partial charge is 0.349 e. The number of pyridine rings is 1. The number of methoxy groups -OCH3 is 1. The van der Waals surface area contributed by atoms with E-state index in [-0.39, 0.29) is 14.9 Å². The van der Waals surface area contributed by atoms with Gasteiger partial charge in [-0.25, -0.2) is 4.79 Å². The lowest BCUT2D eigenvalue weighted by molar-refractivity contribution is -0.115. The summed E-state index contributed by atoms with van der Waals surface area (Å²) in [5.74, 6) is -1.22. The van der Waals surface area contributed by atoms with Crippen molar-refractivity contribution < 1.29 is 22.7 Å². The second kappa shape index (κ2) is 8.01. The molecule has 0 aliphatic carbocycles. The number of hydrogen-bond donors (Lipinski definition) is 1. The first-order chi connectivity index (χ1) is 14.4. The first-order valence-corrected chi connectivity index (χ1v) is 11.6. The van der Waals surface area contributed by atoms with Gasteiger partial charge >= 0.3 is 5.97 Å². The van der Waals surface area contributed by atoms with Gasteiger partial charge in [-0.3, -0.25) is 15.1 Å². The topological polar surface area (TPSA) is 115 Å². The molecule has 0 radical (unpaired) electrons. The van der Waals surface area contributed by atoms with Gasteiger partial charge in [0, 0.05) is 11.6 Å². The number of nitrogens with one attached hydrogen (secondary N) is 1. The van der Waals surface area contributed by atoms with Crippen molar-refractivity contribution in [1.29, 1.82) is 0 Å². The van der Waals surface area contributed by atoms with Gasteiger partial charge in [-0.05, 0) is 53.0 Å². The minimum atomic E-state index is -4.21. The van der Waals surface area contributed by atoms with Crippen LogP contribution in [0.4, 0.5) is 0 Å². The summed E-state index contributed by atoms with van der Waals surface area (Å²) in [4.78, 5) is 28.3. The van der Waals surface area contributed by atoms with E-state index in [0.29, 0.717) is 4.91 Å². The quantitative estimate of drug-likeness (QED) is 0.471. The number of carbonyl (C=O) groups is 2. The second-order valence-electron chi connectivity index (χ2n) is 6.00. The Hall–Kier alpha value is -3.02. The van der Waals surface area contributed by atoms with Crippen LogP contribution in [0.3, 0.4) is 0 Å². The SMILES string of the molecule is COC(=O)c1sccc1S(=O)(=O)N=C1NC(=O)C(=Cc2ccc3ncccc3c2)S1. The molecule has 1 saturated heterocycles. The van der Waals surface area contributed by atoms with Crippen LogP contribution in [-0.4, -0.2) is 37.6 Å². The summed E-state index contributed by atoms with van der Waals surface area (Å²) in [7, 11) is -3.04. The Labute approximate surface area is 179 Å². The third kappa shape index (κ3) is 3.99. The maximum atomic E-state index is 12.6. The third-order valence-corrected chi connectivity index (χ3v) is 7.42. The fourth-order valence-corrected chi connectivity index (χ4v) is 6.01. The van der Waals surface area contributed by atoms with E-state index in [0.717, 1.165) is 46.7 Å². The van der Waals surface area contributed by atoms with E-state index in [9.17, 15) is 18.0 Å². The van der Waals surface area contributed by atoms with Crippen molar-refractivity contribution in [2.75, 3.05) is 7.11 Å². The molecular weight excluding hydrogens is 446 g/mol. The highest BCUT2D eigenvalue weighted by Crippen LogP contribution is 2.30. The zero-order chi connectivity index (χ0) is 21.3. The highest BCUT2D eigenvalue weighted by molar-refractivity contribution is 8.19. The zero-order valence-corrected chi connectivity index (χ0v) is 17.8. The third-order valence-electron chi connectivity index (χ3n) is 4.06. The highest BCUT2D eigenvalue weighted by Gasteiger charge is 2.29. The summed E-state index contributed by atoms with van der Waals surface area (Å²) in [6.07, 6.45) is 3.34. The lowest BCUT2D eigenvalue weighted by atomic mass is 10.1. The van der Waals surface area contributed by atoms with E-state index < -0.39 is 21.9 Å². The minimum absolute atomic E-state index is 0.0725. The number of thiophene rings is 1. The lowest BCUT2D eigenvalue weighted by Crippen LogP contribution is -2.21. The number of nitrogens with zero attached hydrogens (tertiary/aromatic N) is 2. The molecule has 1 amide bonds. The van der Waals surface area contributed by atoms with Gasteiger partial charge < -0.3 is 4.74 Å². The van der Waals surface area contributed by atoms with Crippen LogP contribution in [0.25, 0.3) is 17.0 Å². The summed E-state index contributed by atoms with van der Waals surface area (Å²) in [6, 6.07) is 10.5. The molecule has 0 atom stereocenters. The number of thioether (sulfide) groups is 1. The zero-order valence-electron chi connectivity index (χ0n) is 15.4. The number of rotatable bonds is 4. The molecule has 1 fully saturated rings. The first-order valence-electron chi connectivity index (χ1n) is 8.44. The molecule has 0 unspecified atom stereocenters. The van der Waals surface area contributed by atoms with Gasteiger partial charge in [-0.1, -0.05) is 12.1 Å². The van der Waals surface area contributed by atoms with E-state index >= 15 is 0 Å². The molecule has 1 N–H and O–H groups in total. The molecule has 152 valence electrons. The number of sulfonamides is 1. The molecule has 3 heterocycles.